The number of methoxy groups -OCH3 is 2. The third-order valence-corrected chi connectivity index (χ3v) is 5.24. The Labute approximate surface area is 153 Å². The van der Waals surface area contributed by atoms with Crippen molar-refractivity contribution in [2.45, 2.75) is 44.2 Å². The molecule has 1 heterocycles. The third kappa shape index (κ3) is 4.46. The minimum atomic E-state index is -0.288. The number of rotatable bonds is 6. The fourth-order valence-electron chi connectivity index (χ4n) is 3.90. The summed E-state index contributed by atoms with van der Waals surface area (Å²) < 4.78 is 10.4. The summed E-state index contributed by atoms with van der Waals surface area (Å²) in [7, 11) is 3.10. The van der Waals surface area contributed by atoms with E-state index in [2.05, 4.69) is 16.0 Å². The minimum Gasteiger partial charge on any atom is -0.497 e. The predicted octanol–water partition coefficient (Wildman–Crippen LogP) is 1.68. The zero-order chi connectivity index (χ0) is 18.5. The van der Waals surface area contributed by atoms with Gasteiger partial charge in [0.1, 0.15) is 11.5 Å². The smallest absolute Gasteiger partial charge is 0.243 e. The molecule has 26 heavy (non-hydrogen) atoms. The van der Waals surface area contributed by atoms with E-state index in [1.807, 2.05) is 0 Å². The molecule has 0 aromatic heterocycles. The first kappa shape index (κ1) is 18.5. The summed E-state index contributed by atoms with van der Waals surface area (Å²) >= 11 is 0. The molecule has 2 amide bonds. The van der Waals surface area contributed by atoms with Crippen LogP contribution < -0.4 is 25.4 Å². The average Bonchev–Trinajstić information content (AvgIpc) is 3.10. The number of carbonyl (C=O) groups excluding carboxylic acids is 2. The Morgan fingerprint density at radius 3 is 2.46 bits per heavy atom. The molecule has 7 nitrogen and oxygen atoms in total. The van der Waals surface area contributed by atoms with Crippen LogP contribution in [-0.2, 0) is 9.59 Å². The lowest BCUT2D eigenvalue weighted by molar-refractivity contribution is -0.125. The van der Waals surface area contributed by atoms with Gasteiger partial charge in [0.2, 0.25) is 11.8 Å². The predicted molar refractivity (Wildman–Crippen MR) is 98.5 cm³/mol. The summed E-state index contributed by atoms with van der Waals surface area (Å²) in [6, 6.07) is 5.39. The Morgan fingerprint density at radius 1 is 1.12 bits per heavy atom. The monoisotopic (exact) mass is 361 g/mol. The number of benzene rings is 1. The van der Waals surface area contributed by atoms with Gasteiger partial charge in [0.05, 0.1) is 26.8 Å². The summed E-state index contributed by atoms with van der Waals surface area (Å²) in [5.41, 5.74) is 0.561. The van der Waals surface area contributed by atoms with Gasteiger partial charge in [-0.15, -0.1) is 0 Å². The van der Waals surface area contributed by atoms with Crippen molar-refractivity contribution in [3.63, 3.8) is 0 Å². The van der Waals surface area contributed by atoms with Crippen LogP contribution in [0.3, 0.4) is 0 Å². The molecule has 1 aromatic carbocycles. The number of nitrogens with one attached hydrogen (secondary N) is 3. The van der Waals surface area contributed by atoms with Gasteiger partial charge in [-0.3, -0.25) is 9.59 Å². The van der Waals surface area contributed by atoms with Crippen LogP contribution >= 0.6 is 0 Å². The molecule has 2 fully saturated rings. The van der Waals surface area contributed by atoms with Crippen LogP contribution in [0.25, 0.3) is 0 Å². The van der Waals surface area contributed by atoms with E-state index in [-0.39, 0.29) is 24.4 Å². The van der Waals surface area contributed by atoms with Crippen molar-refractivity contribution < 1.29 is 19.1 Å². The highest BCUT2D eigenvalue weighted by molar-refractivity contribution is 5.95. The zero-order valence-electron chi connectivity index (χ0n) is 15.3. The van der Waals surface area contributed by atoms with E-state index in [1.54, 1.807) is 32.4 Å². The third-order valence-electron chi connectivity index (χ3n) is 5.24. The molecule has 1 saturated carbocycles. The fourth-order valence-corrected chi connectivity index (χ4v) is 3.90. The summed E-state index contributed by atoms with van der Waals surface area (Å²) in [6.45, 7) is -0.0636. The fraction of sp³-hybridized carbons (Fsp3) is 0.579. The molecule has 0 bridgehead atoms. The summed E-state index contributed by atoms with van der Waals surface area (Å²) in [5.74, 6) is 1.38. The number of fused-ring (bicyclic) bond motifs is 1. The number of anilines is 1. The Hall–Kier alpha value is -2.28. The lowest BCUT2D eigenvalue weighted by Crippen LogP contribution is -2.45. The molecule has 0 radical (unpaired) electrons. The molecule has 0 spiro atoms. The van der Waals surface area contributed by atoms with Crippen LogP contribution in [0.1, 0.15) is 32.1 Å². The number of carbonyl (C=O) groups is 2. The Kier molecular flexibility index (Phi) is 5.98. The van der Waals surface area contributed by atoms with Gasteiger partial charge in [-0.05, 0) is 25.2 Å². The Morgan fingerprint density at radius 2 is 1.81 bits per heavy atom. The second-order valence-electron chi connectivity index (χ2n) is 6.97. The average molecular weight is 361 g/mol. The van der Waals surface area contributed by atoms with E-state index in [1.165, 1.54) is 19.3 Å². The van der Waals surface area contributed by atoms with Crippen molar-refractivity contribution >= 4 is 17.5 Å². The van der Waals surface area contributed by atoms with Gasteiger partial charge in [0, 0.05) is 29.9 Å². The van der Waals surface area contributed by atoms with E-state index in [4.69, 9.17) is 9.47 Å². The van der Waals surface area contributed by atoms with Crippen molar-refractivity contribution in [3.05, 3.63) is 18.2 Å². The first-order valence-electron chi connectivity index (χ1n) is 9.15. The highest BCUT2D eigenvalue weighted by Crippen LogP contribution is 2.33. The topological polar surface area (TPSA) is 88.7 Å². The number of hydrogen-bond acceptors (Lipinski definition) is 5. The lowest BCUT2D eigenvalue weighted by Gasteiger charge is -2.24. The van der Waals surface area contributed by atoms with Crippen molar-refractivity contribution in [2.75, 3.05) is 26.1 Å². The zero-order valence-corrected chi connectivity index (χ0v) is 15.3. The van der Waals surface area contributed by atoms with Crippen molar-refractivity contribution in [1.29, 1.82) is 0 Å². The maximum atomic E-state index is 12.4. The Bertz CT molecular complexity index is 628. The van der Waals surface area contributed by atoms with E-state index >= 15 is 0 Å². The van der Waals surface area contributed by atoms with Gasteiger partial charge >= 0.3 is 0 Å². The molecule has 1 aliphatic carbocycles. The van der Waals surface area contributed by atoms with Gasteiger partial charge in [-0.25, -0.2) is 0 Å². The summed E-state index contributed by atoms with van der Waals surface area (Å²) in [6.07, 6.45) is 5.69. The highest BCUT2D eigenvalue weighted by Gasteiger charge is 2.38. The largest absolute Gasteiger partial charge is 0.497 e. The van der Waals surface area contributed by atoms with Crippen molar-refractivity contribution in [1.82, 2.24) is 10.6 Å². The summed E-state index contributed by atoms with van der Waals surface area (Å²) in [5, 5.41) is 8.91. The first-order chi connectivity index (χ1) is 12.6. The molecular weight excluding hydrogens is 334 g/mol. The van der Waals surface area contributed by atoms with Crippen LogP contribution in [0.15, 0.2) is 18.2 Å². The molecule has 7 heteroatoms. The van der Waals surface area contributed by atoms with Crippen molar-refractivity contribution in [2.24, 2.45) is 5.92 Å². The van der Waals surface area contributed by atoms with Crippen LogP contribution in [0.2, 0.25) is 0 Å². The molecule has 3 rings (SSSR count). The molecule has 142 valence electrons. The highest BCUT2D eigenvalue weighted by atomic mass is 16.5. The molecule has 1 saturated heterocycles. The standard InChI is InChI=1S/C19H27N3O4/c1-25-14-8-13(9-15(10-14)26-2)21-18(23)11-20-19(24)17-7-12-5-3-4-6-16(12)22-17/h8-10,12,16-17,22H,3-7,11H2,1-2H3,(H,20,24)(H,21,23). The van der Waals surface area contributed by atoms with Gasteiger partial charge in [-0.1, -0.05) is 12.8 Å². The lowest BCUT2D eigenvalue weighted by atomic mass is 9.85. The van der Waals surface area contributed by atoms with Crippen LogP contribution in [0.4, 0.5) is 5.69 Å². The van der Waals surface area contributed by atoms with Gasteiger partial charge in [-0.2, -0.15) is 0 Å². The van der Waals surface area contributed by atoms with Crippen molar-refractivity contribution in [3.8, 4) is 11.5 Å². The van der Waals surface area contributed by atoms with E-state index < -0.39 is 0 Å². The maximum Gasteiger partial charge on any atom is 0.243 e. The summed E-state index contributed by atoms with van der Waals surface area (Å²) in [4.78, 5) is 24.5. The molecule has 1 aliphatic heterocycles. The van der Waals surface area contributed by atoms with E-state index in [0.29, 0.717) is 29.1 Å². The Balaban J connectivity index is 1.49. The number of amides is 2. The number of hydrogen-bond donors (Lipinski definition) is 3. The van der Waals surface area contributed by atoms with Gasteiger partial charge in [0.15, 0.2) is 0 Å². The van der Waals surface area contributed by atoms with Crippen LogP contribution in [0.5, 0.6) is 11.5 Å². The second kappa shape index (κ2) is 8.40. The van der Waals surface area contributed by atoms with Crippen LogP contribution in [0, 0.1) is 5.92 Å². The molecule has 1 aromatic rings. The molecule has 3 atom stereocenters. The second-order valence-corrected chi connectivity index (χ2v) is 6.97. The normalized spacial score (nSPS) is 24.5. The molecule has 2 aliphatic rings. The molecular formula is C19H27N3O4. The number of ether oxygens (including phenoxy) is 2. The quantitative estimate of drug-likeness (QED) is 0.717. The van der Waals surface area contributed by atoms with Crippen LogP contribution in [-0.4, -0.2) is 44.7 Å². The van der Waals surface area contributed by atoms with E-state index in [9.17, 15) is 9.59 Å². The van der Waals surface area contributed by atoms with Gasteiger partial charge < -0.3 is 25.4 Å². The first-order valence-corrected chi connectivity index (χ1v) is 9.15. The van der Waals surface area contributed by atoms with Gasteiger partial charge in [0.25, 0.3) is 0 Å². The minimum absolute atomic E-state index is 0.0636. The molecule has 3 unspecified atom stereocenters. The SMILES string of the molecule is COc1cc(NC(=O)CNC(=O)C2CC3CCCCC3N2)cc(OC)c1. The maximum absolute atomic E-state index is 12.4. The van der Waals surface area contributed by atoms with E-state index in [0.717, 1.165) is 12.8 Å². The molecule has 3 N–H and O–H groups in total.